The van der Waals surface area contributed by atoms with E-state index >= 15 is 0 Å². The van der Waals surface area contributed by atoms with Gasteiger partial charge in [0.25, 0.3) is 0 Å². The summed E-state index contributed by atoms with van der Waals surface area (Å²) in [6, 6.07) is 3.97. The third kappa shape index (κ3) is 3.01. The Morgan fingerprint density at radius 3 is 3.19 bits per heavy atom. The molecule has 3 heterocycles. The SMILES string of the molecule is COCC1CCCN(c2snc(N)c2-c2cccnc2)C1. The van der Waals surface area contributed by atoms with Gasteiger partial charge in [0.05, 0.1) is 12.2 Å². The van der Waals surface area contributed by atoms with Crippen LogP contribution in [0.4, 0.5) is 10.8 Å². The zero-order valence-corrected chi connectivity index (χ0v) is 13.0. The van der Waals surface area contributed by atoms with Crippen molar-refractivity contribution in [3.8, 4) is 11.1 Å². The van der Waals surface area contributed by atoms with Crippen LogP contribution < -0.4 is 10.6 Å². The minimum atomic E-state index is 0.578. The van der Waals surface area contributed by atoms with Gasteiger partial charge in [-0.3, -0.25) is 4.98 Å². The topological polar surface area (TPSA) is 64.3 Å². The first kappa shape index (κ1) is 14.3. The van der Waals surface area contributed by atoms with Gasteiger partial charge >= 0.3 is 0 Å². The number of rotatable bonds is 4. The first-order valence-corrected chi connectivity index (χ1v) is 7.96. The Bertz CT molecular complexity index is 585. The van der Waals surface area contributed by atoms with E-state index in [-0.39, 0.29) is 0 Å². The molecule has 0 spiro atoms. The molecule has 5 nitrogen and oxygen atoms in total. The molecule has 6 heteroatoms. The fraction of sp³-hybridized carbons (Fsp3) is 0.467. The van der Waals surface area contributed by atoms with Gasteiger partial charge in [0, 0.05) is 38.2 Å². The van der Waals surface area contributed by atoms with E-state index in [4.69, 9.17) is 10.5 Å². The molecule has 112 valence electrons. The summed E-state index contributed by atoms with van der Waals surface area (Å²) in [6.45, 7) is 2.87. The number of nitrogens with two attached hydrogens (primary N) is 1. The van der Waals surface area contributed by atoms with Crippen molar-refractivity contribution >= 4 is 22.4 Å². The Kier molecular flexibility index (Phi) is 4.36. The van der Waals surface area contributed by atoms with Gasteiger partial charge in [-0.05, 0) is 36.4 Å². The number of hydrogen-bond donors (Lipinski definition) is 1. The normalized spacial score (nSPS) is 18.9. The van der Waals surface area contributed by atoms with Gasteiger partial charge in [0.2, 0.25) is 0 Å². The van der Waals surface area contributed by atoms with Crippen LogP contribution in [0.2, 0.25) is 0 Å². The Labute approximate surface area is 128 Å². The van der Waals surface area contributed by atoms with Crippen LogP contribution in [0.1, 0.15) is 12.8 Å². The third-order valence-corrected chi connectivity index (χ3v) is 4.78. The first-order valence-electron chi connectivity index (χ1n) is 7.19. The van der Waals surface area contributed by atoms with E-state index < -0.39 is 0 Å². The van der Waals surface area contributed by atoms with Crippen LogP contribution in [-0.2, 0) is 4.74 Å². The lowest BCUT2D eigenvalue weighted by atomic mass is 9.98. The minimum Gasteiger partial charge on any atom is -0.384 e. The molecule has 1 aliphatic heterocycles. The zero-order valence-electron chi connectivity index (χ0n) is 12.2. The quantitative estimate of drug-likeness (QED) is 0.940. The Balaban J connectivity index is 1.89. The second-order valence-corrected chi connectivity index (χ2v) is 6.15. The summed E-state index contributed by atoms with van der Waals surface area (Å²) in [4.78, 5) is 6.59. The fourth-order valence-electron chi connectivity index (χ4n) is 2.91. The lowest BCUT2D eigenvalue weighted by molar-refractivity contribution is 0.143. The van der Waals surface area contributed by atoms with Crippen LogP contribution in [0, 0.1) is 5.92 Å². The second kappa shape index (κ2) is 6.41. The Hall–Kier alpha value is -1.66. The molecule has 2 aromatic heterocycles. The highest BCUT2D eigenvalue weighted by Gasteiger charge is 2.25. The molecular weight excluding hydrogens is 284 g/mol. The van der Waals surface area contributed by atoms with E-state index in [0.717, 1.165) is 35.8 Å². The number of nitrogen functional groups attached to an aromatic ring is 1. The van der Waals surface area contributed by atoms with Crippen molar-refractivity contribution in [2.24, 2.45) is 5.92 Å². The van der Waals surface area contributed by atoms with Crippen molar-refractivity contribution < 1.29 is 4.74 Å². The largest absolute Gasteiger partial charge is 0.384 e. The highest BCUT2D eigenvalue weighted by molar-refractivity contribution is 7.11. The van der Waals surface area contributed by atoms with E-state index in [1.807, 2.05) is 18.3 Å². The van der Waals surface area contributed by atoms with Gasteiger partial charge in [-0.2, -0.15) is 4.37 Å². The zero-order chi connectivity index (χ0) is 14.7. The highest BCUT2D eigenvalue weighted by atomic mass is 32.1. The molecule has 0 aromatic carbocycles. The van der Waals surface area contributed by atoms with Crippen LogP contribution in [0.5, 0.6) is 0 Å². The average molecular weight is 304 g/mol. The van der Waals surface area contributed by atoms with Crippen molar-refractivity contribution in [1.29, 1.82) is 0 Å². The monoisotopic (exact) mass is 304 g/mol. The third-order valence-electron chi connectivity index (χ3n) is 3.86. The molecule has 1 saturated heterocycles. The van der Waals surface area contributed by atoms with Crippen LogP contribution in [0.3, 0.4) is 0 Å². The molecule has 1 atom stereocenters. The maximum Gasteiger partial charge on any atom is 0.147 e. The summed E-state index contributed by atoms with van der Waals surface area (Å²) in [7, 11) is 1.77. The number of aromatic nitrogens is 2. The molecule has 0 aliphatic carbocycles. The average Bonchev–Trinajstić information content (AvgIpc) is 2.90. The molecule has 0 saturated carbocycles. The maximum atomic E-state index is 6.09. The Morgan fingerprint density at radius 2 is 2.43 bits per heavy atom. The number of piperidine rings is 1. The predicted octanol–water partition coefficient (Wildman–Crippen LogP) is 2.65. The number of pyridine rings is 1. The molecular formula is C15H20N4OS. The summed E-state index contributed by atoms with van der Waals surface area (Å²) >= 11 is 1.48. The molecule has 0 amide bonds. The van der Waals surface area contributed by atoms with E-state index in [0.29, 0.717) is 11.7 Å². The molecule has 2 aromatic rings. The molecule has 3 rings (SSSR count). The predicted molar refractivity (Wildman–Crippen MR) is 86.6 cm³/mol. The van der Waals surface area contributed by atoms with E-state index in [9.17, 15) is 0 Å². The van der Waals surface area contributed by atoms with Crippen molar-refractivity contribution in [3.63, 3.8) is 0 Å². The van der Waals surface area contributed by atoms with Gasteiger partial charge in [-0.15, -0.1) is 0 Å². The lowest BCUT2D eigenvalue weighted by Crippen LogP contribution is -2.36. The van der Waals surface area contributed by atoms with Gasteiger partial charge in [-0.25, -0.2) is 0 Å². The number of ether oxygens (including phenoxy) is 1. The van der Waals surface area contributed by atoms with Crippen molar-refractivity contribution in [1.82, 2.24) is 9.36 Å². The summed E-state index contributed by atoms with van der Waals surface area (Å²) in [5.41, 5.74) is 8.15. The highest BCUT2D eigenvalue weighted by Crippen LogP contribution is 2.40. The molecule has 0 bridgehead atoms. The van der Waals surface area contributed by atoms with E-state index in [1.54, 1.807) is 13.3 Å². The molecule has 1 unspecified atom stereocenters. The number of methoxy groups -OCH3 is 1. The minimum absolute atomic E-state index is 0.578. The van der Waals surface area contributed by atoms with Gasteiger partial charge in [0.15, 0.2) is 0 Å². The first-order chi connectivity index (χ1) is 10.3. The van der Waals surface area contributed by atoms with Gasteiger partial charge in [0.1, 0.15) is 10.8 Å². The number of nitrogens with zero attached hydrogens (tertiary/aromatic N) is 3. The standard InChI is InChI=1S/C15H20N4OS/c1-20-10-11-4-3-7-19(9-11)15-13(14(16)18-21-15)12-5-2-6-17-8-12/h2,5-6,8,11H,3-4,7,9-10H2,1H3,(H2,16,18). The van der Waals surface area contributed by atoms with Crippen LogP contribution >= 0.6 is 11.5 Å². The summed E-state index contributed by atoms with van der Waals surface area (Å²) in [5.74, 6) is 1.17. The smallest absolute Gasteiger partial charge is 0.147 e. The van der Waals surface area contributed by atoms with Crippen molar-refractivity contribution in [2.45, 2.75) is 12.8 Å². The molecule has 2 N–H and O–H groups in total. The van der Waals surface area contributed by atoms with Gasteiger partial charge in [-0.1, -0.05) is 6.07 Å². The van der Waals surface area contributed by atoms with E-state index in [1.165, 1.54) is 24.4 Å². The Morgan fingerprint density at radius 1 is 1.52 bits per heavy atom. The lowest BCUT2D eigenvalue weighted by Gasteiger charge is -2.33. The van der Waals surface area contributed by atoms with Crippen LogP contribution in [0.15, 0.2) is 24.5 Å². The van der Waals surface area contributed by atoms with Gasteiger partial charge < -0.3 is 15.4 Å². The fourth-order valence-corrected chi connectivity index (χ4v) is 3.78. The molecule has 21 heavy (non-hydrogen) atoms. The molecule has 1 fully saturated rings. The number of anilines is 2. The van der Waals surface area contributed by atoms with Crippen molar-refractivity contribution in [3.05, 3.63) is 24.5 Å². The molecule has 1 aliphatic rings. The van der Waals surface area contributed by atoms with E-state index in [2.05, 4.69) is 14.3 Å². The summed E-state index contributed by atoms with van der Waals surface area (Å²) < 4.78 is 9.67. The summed E-state index contributed by atoms with van der Waals surface area (Å²) in [6.07, 6.45) is 6.02. The maximum absolute atomic E-state index is 6.09. The van der Waals surface area contributed by atoms with Crippen LogP contribution in [0.25, 0.3) is 11.1 Å². The number of hydrogen-bond acceptors (Lipinski definition) is 6. The summed E-state index contributed by atoms with van der Waals surface area (Å²) in [5, 5.41) is 1.15. The second-order valence-electron chi connectivity index (χ2n) is 5.40. The molecule has 0 radical (unpaired) electrons. The van der Waals surface area contributed by atoms with Crippen LogP contribution in [-0.4, -0.2) is 36.2 Å². The van der Waals surface area contributed by atoms with Crippen molar-refractivity contribution in [2.75, 3.05) is 37.4 Å².